The van der Waals surface area contributed by atoms with Gasteiger partial charge in [-0.25, -0.2) is 4.39 Å². The van der Waals surface area contributed by atoms with Gasteiger partial charge < -0.3 is 41.3 Å². The van der Waals surface area contributed by atoms with Crippen molar-refractivity contribution in [1.82, 2.24) is 45.8 Å². The molecule has 7 N–H and O–H groups in total. The van der Waals surface area contributed by atoms with E-state index in [1.807, 2.05) is 27.0 Å². The molecule has 0 saturated carbocycles. The summed E-state index contributed by atoms with van der Waals surface area (Å²) in [6.07, 6.45) is -1.27. The number of fused-ring (bicyclic) bond motifs is 1. The Morgan fingerprint density at radius 1 is 1.03 bits per heavy atom. The number of benzene rings is 1. The molecule has 1 aromatic carbocycles. The van der Waals surface area contributed by atoms with Gasteiger partial charge in [0.1, 0.15) is 24.7 Å². The van der Waals surface area contributed by atoms with Crippen molar-refractivity contribution in [2.75, 3.05) is 91.4 Å². The molecule has 6 unspecified atom stereocenters. The molecule has 1 aromatic rings. The molecule has 17 nitrogen and oxygen atoms in total. The molecule has 0 aromatic heterocycles. The van der Waals surface area contributed by atoms with Gasteiger partial charge >= 0.3 is 6.18 Å². The number of halogens is 4. The Bertz CT molecular complexity index is 2330. The summed E-state index contributed by atoms with van der Waals surface area (Å²) in [5, 5.41) is 34.1. The maximum absolute atomic E-state index is 15.7. The van der Waals surface area contributed by atoms with Gasteiger partial charge in [-0.15, -0.1) is 0 Å². The number of aliphatic hydroxyl groups is 2. The number of alkyl halides is 4. The van der Waals surface area contributed by atoms with Crippen molar-refractivity contribution in [2.24, 2.45) is 5.92 Å². The van der Waals surface area contributed by atoms with Crippen molar-refractivity contribution in [1.29, 1.82) is 0 Å². The van der Waals surface area contributed by atoms with E-state index < -0.39 is 78.4 Å². The second-order valence-electron chi connectivity index (χ2n) is 18.8. The van der Waals surface area contributed by atoms with Crippen LogP contribution in [0.1, 0.15) is 66.7 Å². The molecule has 5 aliphatic rings. The molecule has 6 rings (SSSR count). The number of piperazine rings is 1. The van der Waals surface area contributed by atoms with E-state index in [1.165, 1.54) is 6.08 Å². The quantitative estimate of drug-likeness (QED) is 0.0295. The molecule has 2 fully saturated rings. The Kier molecular flexibility index (Phi) is 18.6. The Morgan fingerprint density at radius 3 is 2.44 bits per heavy atom. The van der Waals surface area contributed by atoms with E-state index in [0.717, 1.165) is 43.2 Å². The number of allylic oxidation sites excluding steroid dienone is 4. The van der Waals surface area contributed by atoms with Crippen LogP contribution in [0.15, 0.2) is 89.3 Å². The lowest BCUT2D eigenvalue weighted by Crippen LogP contribution is -2.55. The Hall–Kier alpha value is -5.71. The Morgan fingerprint density at radius 2 is 1.75 bits per heavy atom. The number of anilines is 1. The van der Waals surface area contributed by atoms with Crippen LogP contribution in [-0.4, -0.2) is 187 Å². The lowest BCUT2D eigenvalue weighted by Gasteiger charge is -2.35. The number of likely N-dealkylation sites (N-methyl/N-ethyl adjacent to an activating group) is 2. The second-order valence-corrected chi connectivity index (χ2v) is 18.8. The molecule has 0 radical (unpaired) electrons. The van der Waals surface area contributed by atoms with Crippen LogP contribution in [-0.2, 0) is 14.4 Å². The third kappa shape index (κ3) is 13.8. The molecule has 0 bridgehead atoms. The molecular formula is C50H68F4N10O7. The highest BCUT2D eigenvalue weighted by molar-refractivity contribution is 6.25. The van der Waals surface area contributed by atoms with E-state index in [9.17, 15) is 47.4 Å². The van der Waals surface area contributed by atoms with Crippen molar-refractivity contribution >= 4 is 35.2 Å². The van der Waals surface area contributed by atoms with E-state index in [4.69, 9.17) is 0 Å². The summed E-state index contributed by atoms with van der Waals surface area (Å²) in [5.41, 5.74) is 1.32. The first-order chi connectivity index (χ1) is 33.7. The van der Waals surface area contributed by atoms with Gasteiger partial charge in [-0.3, -0.25) is 44.0 Å². The zero-order valence-corrected chi connectivity index (χ0v) is 40.9. The van der Waals surface area contributed by atoms with Crippen molar-refractivity contribution in [3.05, 3.63) is 100 Å². The normalized spacial score (nSPS) is 23.3. The van der Waals surface area contributed by atoms with Crippen molar-refractivity contribution < 1.29 is 51.7 Å². The van der Waals surface area contributed by atoms with Gasteiger partial charge in [-0.2, -0.15) is 13.2 Å². The summed E-state index contributed by atoms with van der Waals surface area (Å²) in [6, 6.07) is 3.95. The predicted molar refractivity (Wildman–Crippen MR) is 260 cm³/mol. The van der Waals surface area contributed by atoms with E-state index in [1.54, 1.807) is 36.2 Å². The zero-order chi connectivity index (χ0) is 51.7. The molecule has 2 saturated heterocycles. The van der Waals surface area contributed by atoms with Gasteiger partial charge in [0.2, 0.25) is 17.7 Å². The van der Waals surface area contributed by atoms with E-state index >= 15 is 4.39 Å². The number of aliphatic hydroxyl groups excluding tert-OH is 2. The minimum atomic E-state index is -4.92. The zero-order valence-electron chi connectivity index (χ0n) is 40.9. The fourth-order valence-electron chi connectivity index (χ4n) is 9.28. The number of nitrogens with one attached hydrogen (secondary N) is 5. The van der Waals surface area contributed by atoms with Crippen molar-refractivity contribution in [2.45, 2.75) is 82.8 Å². The first-order valence-corrected chi connectivity index (χ1v) is 24.2. The number of carbonyl (C=O) groups excluding carboxylic acids is 5. The standard InChI is InChI=1S/C50H68F4N10O7/c1-7-60(5)31(3)28-61(6)32(4)40(58-46(68)36-27-57-44(67)26-37(36)50(52,53)54)24-30(2)35-25-33(13-14-38(35)51)29-63-22-20-62(21-23-63)19-18-56-42(65)12-9-17-55-39-11-8-10-34-45(39)49(71)64(48(34)70)41-15-16-43(66)59-47(41)69/h8,10-11,13,24-26,31,36,38,41-43,55-56,65-66H,2,4,7,9,12,14-23,27-29H2,1,3,5-6H3,(H,57,67)(H,58,68)(H,59,69)/b40-24+. The van der Waals surface area contributed by atoms with Gasteiger partial charge in [-0.1, -0.05) is 38.3 Å². The molecule has 5 amide bonds. The average molecular weight is 997 g/mol. The largest absolute Gasteiger partial charge is 0.413 e. The molecular weight excluding hydrogens is 929 g/mol. The number of piperidine rings is 1. The highest BCUT2D eigenvalue weighted by atomic mass is 19.4. The lowest BCUT2D eigenvalue weighted by atomic mass is 9.91. The van der Waals surface area contributed by atoms with Crippen LogP contribution in [0.2, 0.25) is 0 Å². The van der Waals surface area contributed by atoms with Gasteiger partial charge in [0, 0.05) is 96.7 Å². The number of hydrogen-bond donors (Lipinski definition) is 7. The lowest BCUT2D eigenvalue weighted by molar-refractivity contribution is -0.132. The third-order valence-electron chi connectivity index (χ3n) is 13.8. The van der Waals surface area contributed by atoms with Gasteiger partial charge in [0.05, 0.1) is 34.0 Å². The molecule has 4 aliphatic heterocycles. The summed E-state index contributed by atoms with van der Waals surface area (Å²) in [5.74, 6) is -5.38. The van der Waals surface area contributed by atoms with Crippen LogP contribution in [0.4, 0.5) is 23.2 Å². The molecule has 0 spiro atoms. The summed E-state index contributed by atoms with van der Waals surface area (Å²) >= 11 is 0. The average Bonchev–Trinajstić information content (AvgIpc) is 3.58. The fraction of sp³-hybridized carbons (Fsp3) is 0.540. The number of nitrogens with zero attached hydrogens (tertiary/aromatic N) is 5. The minimum Gasteiger partial charge on any atom is -0.384 e. The van der Waals surface area contributed by atoms with Crippen LogP contribution in [0, 0.1) is 5.92 Å². The highest BCUT2D eigenvalue weighted by Crippen LogP contribution is 2.35. The first kappa shape index (κ1) is 54.6. The molecule has 21 heteroatoms. The summed E-state index contributed by atoms with van der Waals surface area (Å²) < 4.78 is 57.6. The topological polar surface area (TPSA) is 202 Å². The SMILES string of the molecule is C=C(/C=C(/NC(=O)C1CNC(=O)C=C1C(F)(F)F)C(=C)N(C)CC(C)N(C)CC)C1=CC(CN2CCN(CCNC(O)CCCNc3cccc4c3C(=O)N(C3CCC(O)NC3=O)C4=O)CC2)=CCC1F. The fourth-order valence-corrected chi connectivity index (χ4v) is 9.28. The molecule has 71 heavy (non-hydrogen) atoms. The second kappa shape index (κ2) is 24.1. The highest BCUT2D eigenvalue weighted by Gasteiger charge is 2.46. The van der Waals surface area contributed by atoms with E-state index in [2.05, 4.69) is 54.4 Å². The van der Waals surface area contributed by atoms with Crippen LogP contribution < -0.4 is 26.6 Å². The first-order valence-electron chi connectivity index (χ1n) is 24.2. The van der Waals surface area contributed by atoms with Gasteiger partial charge in [-0.05, 0) is 81.1 Å². The maximum Gasteiger partial charge on any atom is 0.413 e. The third-order valence-corrected chi connectivity index (χ3v) is 13.8. The molecule has 1 aliphatic carbocycles. The smallest absolute Gasteiger partial charge is 0.384 e. The monoisotopic (exact) mass is 997 g/mol. The van der Waals surface area contributed by atoms with Crippen LogP contribution in [0.25, 0.3) is 0 Å². The van der Waals surface area contributed by atoms with Gasteiger partial charge in [0.25, 0.3) is 11.8 Å². The summed E-state index contributed by atoms with van der Waals surface area (Å²) in [6.45, 7) is 18.2. The number of rotatable bonds is 22. The van der Waals surface area contributed by atoms with Crippen LogP contribution in [0.5, 0.6) is 0 Å². The number of hydrogen-bond acceptors (Lipinski definition) is 13. The summed E-state index contributed by atoms with van der Waals surface area (Å²) in [4.78, 5) is 73.9. The molecule has 4 heterocycles. The maximum atomic E-state index is 15.7. The Labute approximate surface area is 412 Å². The molecule has 6 atom stereocenters. The van der Waals surface area contributed by atoms with Gasteiger partial charge in [0.15, 0.2) is 0 Å². The number of carbonyl (C=O) groups is 5. The van der Waals surface area contributed by atoms with Crippen LogP contribution in [0.3, 0.4) is 0 Å². The van der Waals surface area contributed by atoms with E-state index in [-0.39, 0.29) is 59.0 Å². The Balaban J connectivity index is 0.969. The predicted octanol–water partition coefficient (Wildman–Crippen LogP) is 2.77. The minimum absolute atomic E-state index is 0.0399. The molecule has 388 valence electrons. The van der Waals surface area contributed by atoms with Crippen molar-refractivity contribution in [3.8, 4) is 0 Å². The summed E-state index contributed by atoms with van der Waals surface area (Å²) in [7, 11) is 3.69. The number of amides is 5. The number of imide groups is 1. The van der Waals surface area contributed by atoms with Crippen molar-refractivity contribution in [3.63, 3.8) is 0 Å². The van der Waals surface area contributed by atoms with Crippen LogP contribution >= 0.6 is 0 Å². The van der Waals surface area contributed by atoms with E-state index in [0.29, 0.717) is 57.3 Å².